The first-order valence-corrected chi connectivity index (χ1v) is 9.75. The summed E-state index contributed by atoms with van der Waals surface area (Å²) in [6.07, 6.45) is 0. The quantitative estimate of drug-likeness (QED) is 0.147. The van der Waals surface area contributed by atoms with Crippen molar-refractivity contribution in [2.45, 2.75) is 4.90 Å². The van der Waals surface area contributed by atoms with Crippen molar-refractivity contribution < 1.29 is 50.4 Å². The number of benzene rings is 1. The lowest BCUT2D eigenvalue weighted by Gasteiger charge is -2.10. The van der Waals surface area contributed by atoms with Gasteiger partial charge in [-0.1, -0.05) is 0 Å². The fourth-order valence-electron chi connectivity index (χ4n) is 0.913. The molecule has 126 valence electrons. The Balaban J connectivity index is 3.02. The molecule has 16 heteroatoms. The molecule has 0 saturated heterocycles. The van der Waals surface area contributed by atoms with Crippen molar-refractivity contribution in [1.29, 1.82) is 0 Å². The second kappa shape index (κ2) is 7.16. The van der Waals surface area contributed by atoms with Gasteiger partial charge in [0.25, 0.3) is 0 Å². The second-order valence-corrected chi connectivity index (χ2v) is 8.21. The van der Waals surface area contributed by atoms with Crippen molar-refractivity contribution in [3.8, 4) is 0 Å². The molecule has 0 aliphatic carbocycles. The van der Waals surface area contributed by atoms with E-state index in [1.165, 1.54) is 0 Å². The molecule has 4 N–H and O–H groups in total. The SMILES string of the molecule is O=P(O)(O)OP(O)(O)=NSSc1c(F)c(F)c(F)c(F)c1F. The molecule has 0 heterocycles. The third-order valence-electron chi connectivity index (χ3n) is 1.65. The Morgan fingerprint density at radius 3 is 1.68 bits per heavy atom. The molecule has 0 aromatic heterocycles. The van der Waals surface area contributed by atoms with Gasteiger partial charge >= 0.3 is 15.6 Å². The molecular formula is C6H4F5NO6P2S2. The average molecular weight is 407 g/mol. The Labute approximate surface area is 126 Å². The molecule has 1 rings (SSSR count). The number of rotatable bonds is 5. The van der Waals surface area contributed by atoms with E-state index < -0.39 is 49.5 Å². The van der Waals surface area contributed by atoms with E-state index in [1.807, 2.05) is 0 Å². The predicted molar refractivity (Wildman–Crippen MR) is 66.6 cm³/mol. The minimum Gasteiger partial charge on any atom is -0.318 e. The highest BCUT2D eigenvalue weighted by Crippen LogP contribution is 2.59. The molecule has 22 heavy (non-hydrogen) atoms. The molecule has 0 fully saturated rings. The van der Waals surface area contributed by atoms with Crippen LogP contribution in [0.2, 0.25) is 0 Å². The van der Waals surface area contributed by atoms with Gasteiger partial charge in [-0.3, -0.25) is 0 Å². The Morgan fingerprint density at radius 2 is 1.27 bits per heavy atom. The fourth-order valence-corrected chi connectivity index (χ4v) is 5.07. The smallest absolute Gasteiger partial charge is 0.318 e. The third-order valence-corrected chi connectivity index (χ3v) is 6.41. The molecule has 0 unspecified atom stereocenters. The fraction of sp³-hybridized carbons (Fsp3) is 0. The van der Waals surface area contributed by atoms with E-state index >= 15 is 0 Å². The summed E-state index contributed by atoms with van der Waals surface area (Å²) < 4.78 is 81.5. The van der Waals surface area contributed by atoms with Crippen molar-refractivity contribution in [2.24, 2.45) is 4.15 Å². The molecule has 0 aliphatic heterocycles. The molecular weight excluding hydrogens is 403 g/mol. The summed E-state index contributed by atoms with van der Waals surface area (Å²) in [5.74, 6) is -11.2. The zero-order chi connectivity index (χ0) is 17.3. The van der Waals surface area contributed by atoms with Gasteiger partial charge in [0.05, 0.1) is 15.9 Å². The summed E-state index contributed by atoms with van der Waals surface area (Å²) in [5, 5.41) is 0. The number of phosphoric acid groups is 1. The van der Waals surface area contributed by atoms with Crippen LogP contribution in [-0.4, -0.2) is 19.6 Å². The van der Waals surface area contributed by atoms with Crippen LogP contribution in [0.5, 0.6) is 0 Å². The van der Waals surface area contributed by atoms with Crippen LogP contribution in [0.3, 0.4) is 0 Å². The van der Waals surface area contributed by atoms with Gasteiger partial charge in [0.1, 0.15) is 0 Å². The summed E-state index contributed by atoms with van der Waals surface area (Å²) in [4.78, 5) is 33.2. The molecule has 0 saturated carbocycles. The van der Waals surface area contributed by atoms with Gasteiger partial charge in [-0.2, -0.15) is 0 Å². The van der Waals surface area contributed by atoms with Gasteiger partial charge < -0.3 is 19.6 Å². The van der Waals surface area contributed by atoms with Crippen LogP contribution >= 0.6 is 37.3 Å². The van der Waals surface area contributed by atoms with E-state index in [2.05, 4.69) is 8.46 Å². The summed E-state index contributed by atoms with van der Waals surface area (Å²) in [6, 6.07) is 0. The predicted octanol–water partition coefficient (Wildman–Crippen LogP) is 3.08. The molecule has 0 amide bonds. The first kappa shape index (κ1) is 19.9. The summed E-state index contributed by atoms with van der Waals surface area (Å²) in [7, 11) is -10.7. The molecule has 0 spiro atoms. The summed E-state index contributed by atoms with van der Waals surface area (Å²) >= 11 is 0. The highest BCUT2D eigenvalue weighted by Gasteiger charge is 2.29. The van der Waals surface area contributed by atoms with Crippen molar-refractivity contribution >= 4 is 37.3 Å². The van der Waals surface area contributed by atoms with Gasteiger partial charge in [-0.25, -0.2) is 30.8 Å². The molecule has 1 aromatic carbocycles. The maximum Gasteiger partial charge on any atom is 0.477 e. The molecule has 7 nitrogen and oxygen atoms in total. The number of nitrogens with zero attached hydrogens (tertiary/aromatic N) is 1. The van der Waals surface area contributed by atoms with E-state index in [4.69, 9.17) is 19.6 Å². The molecule has 0 radical (unpaired) electrons. The van der Waals surface area contributed by atoms with Crippen LogP contribution in [0.25, 0.3) is 0 Å². The number of hydrogen-bond donors (Lipinski definition) is 4. The van der Waals surface area contributed by atoms with Crippen LogP contribution in [0.15, 0.2) is 9.05 Å². The van der Waals surface area contributed by atoms with Crippen LogP contribution in [0.1, 0.15) is 0 Å². The largest absolute Gasteiger partial charge is 0.477 e. The highest BCUT2D eigenvalue weighted by molar-refractivity contribution is 8.76. The third kappa shape index (κ3) is 5.18. The Hall–Kier alpha value is -0.170. The highest BCUT2D eigenvalue weighted by atomic mass is 33.1. The van der Waals surface area contributed by atoms with Crippen molar-refractivity contribution in [3.63, 3.8) is 0 Å². The van der Waals surface area contributed by atoms with E-state index in [1.54, 1.807) is 0 Å². The lowest BCUT2D eigenvalue weighted by atomic mass is 10.3. The van der Waals surface area contributed by atoms with Gasteiger partial charge in [0.15, 0.2) is 23.3 Å². The first-order chi connectivity index (χ1) is 9.86. The van der Waals surface area contributed by atoms with Crippen molar-refractivity contribution in [2.75, 3.05) is 0 Å². The molecule has 0 atom stereocenters. The zero-order valence-electron chi connectivity index (χ0n) is 9.65. The average Bonchev–Trinajstić information content (AvgIpc) is 2.35. The van der Waals surface area contributed by atoms with Crippen LogP contribution in [-0.2, 0) is 8.88 Å². The Kier molecular flexibility index (Phi) is 6.47. The maximum atomic E-state index is 13.2. The lowest BCUT2D eigenvalue weighted by molar-refractivity contribution is 0.255. The monoisotopic (exact) mass is 407 g/mol. The summed E-state index contributed by atoms with van der Waals surface area (Å²) in [6.45, 7) is 0. The van der Waals surface area contributed by atoms with Gasteiger partial charge in [0, 0.05) is 0 Å². The Morgan fingerprint density at radius 1 is 0.864 bits per heavy atom. The first-order valence-electron chi connectivity index (χ1n) is 4.55. The molecule has 1 aromatic rings. The van der Waals surface area contributed by atoms with Crippen LogP contribution < -0.4 is 0 Å². The number of halogens is 5. The standard InChI is InChI=1S/C6H4F5NO6P2S2/c7-1-2(8)4(10)6(5(11)3(1)9)21-22-12-19(13,14)18-20(15,16)17/h13-14H,(H2,15,16,17). The molecule has 0 bridgehead atoms. The lowest BCUT2D eigenvalue weighted by Crippen LogP contribution is -2.02. The molecule has 0 aliphatic rings. The van der Waals surface area contributed by atoms with Crippen molar-refractivity contribution in [3.05, 3.63) is 29.1 Å². The topological polar surface area (TPSA) is 120 Å². The van der Waals surface area contributed by atoms with E-state index in [9.17, 15) is 26.5 Å². The van der Waals surface area contributed by atoms with E-state index in [0.29, 0.717) is 0 Å². The second-order valence-electron chi connectivity index (χ2n) is 3.22. The van der Waals surface area contributed by atoms with Crippen LogP contribution in [0.4, 0.5) is 22.0 Å². The minimum atomic E-state index is -5.33. The zero-order valence-corrected chi connectivity index (χ0v) is 13.1. The minimum absolute atomic E-state index is 0.207. The van der Waals surface area contributed by atoms with E-state index in [-0.39, 0.29) is 21.8 Å². The van der Waals surface area contributed by atoms with Gasteiger partial charge in [0.2, 0.25) is 5.82 Å². The maximum absolute atomic E-state index is 13.2. The van der Waals surface area contributed by atoms with Gasteiger partial charge in [-0.05, 0) is 10.8 Å². The number of hydrogen-bond acceptors (Lipinski definition) is 5. The Bertz CT molecular complexity index is 664. The summed E-state index contributed by atoms with van der Waals surface area (Å²) in [5.41, 5.74) is 0. The van der Waals surface area contributed by atoms with Crippen LogP contribution in [0, 0.1) is 29.1 Å². The van der Waals surface area contributed by atoms with Gasteiger partial charge in [-0.15, -0.1) is 4.15 Å². The van der Waals surface area contributed by atoms with E-state index in [0.717, 1.165) is 0 Å². The normalized spacial score (nSPS) is 12.6. The van der Waals surface area contributed by atoms with Crippen molar-refractivity contribution in [1.82, 2.24) is 0 Å².